The van der Waals surface area contributed by atoms with Crippen LogP contribution in [-0.4, -0.2) is 54.3 Å². The average Bonchev–Trinajstić information content (AvgIpc) is 3.10. The van der Waals surface area contributed by atoms with Crippen molar-refractivity contribution in [2.45, 2.75) is 12.2 Å². The largest absolute Gasteiger partial charge is 0.390 e. The molecule has 0 saturated carbocycles. The Labute approximate surface area is 111 Å². The van der Waals surface area contributed by atoms with E-state index in [2.05, 4.69) is 29.4 Å². The highest BCUT2D eigenvalue weighted by molar-refractivity contribution is 5.86. The summed E-state index contributed by atoms with van der Waals surface area (Å²) in [6, 6.07) is -0.360. The van der Waals surface area contributed by atoms with E-state index in [1.807, 2.05) is 0 Å². The van der Waals surface area contributed by atoms with Crippen LogP contribution in [-0.2, 0) is 9.59 Å². The SMILES string of the molecule is O=C(Oc1ncc[nH]1)C(O)C(O)C(=O)Oc1ncc[nH]1. The number of aliphatic hydroxyl groups is 2. The molecule has 10 nitrogen and oxygen atoms in total. The summed E-state index contributed by atoms with van der Waals surface area (Å²) < 4.78 is 9.15. The first kappa shape index (κ1) is 13.7. The Morgan fingerprint density at radius 1 is 0.950 bits per heavy atom. The highest BCUT2D eigenvalue weighted by Crippen LogP contribution is 2.06. The van der Waals surface area contributed by atoms with E-state index in [1.54, 1.807) is 0 Å². The molecule has 0 aliphatic heterocycles. The fourth-order valence-electron chi connectivity index (χ4n) is 1.18. The molecule has 0 aromatic carbocycles. The number of rotatable bonds is 5. The lowest BCUT2D eigenvalue weighted by molar-refractivity contribution is -0.163. The Hall–Kier alpha value is -2.72. The van der Waals surface area contributed by atoms with E-state index in [0.717, 1.165) is 0 Å². The maximum atomic E-state index is 11.4. The first-order valence-corrected chi connectivity index (χ1v) is 5.36. The number of esters is 2. The standard InChI is InChI=1S/C10H10N4O6/c15-5(7(17)19-9-11-1-2-12-9)6(16)8(18)20-10-13-3-4-14-10/h1-6,15-16H,(H,11,12)(H,13,14). The molecule has 0 fully saturated rings. The van der Waals surface area contributed by atoms with E-state index in [0.29, 0.717) is 0 Å². The average molecular weight is 282 g/mol. The molecule has 4 N–H and O–H groups in total. The molecule has 106 valence electrons. The molecule has 2 rings (SSSR count). The minimum Gasteiger partial charge on any atom is -0.390 e. The summed E-state index contributed by atoms with van der Waals surface area (Å²) in [5, 5.41) is 19.0. The van der Waals surface area contributed by atoms with Crippen LogP contribution in [0.4, 0.5) is 0 Å². The van der Waals surface area contributed by atoms with Crippen LogP contribution in [0.5, 0.6) is 12.0 Å². The van der Waals surface area contributed by atoms with Crippen LogP contribution >= 0.6 is 0 Å². The number of nitrogens with one attached hydrogen (secondary N) is 2. The summed E-state index contributed by atoms with van der Waals surface area (Å²) in [6.45, 7) is 0. The number of aromatic amines is 2. The number of H-pyrrole nitrogens is 2. The summed E-state index contributed by atoms with van der Waals surface area (Å²) in [7, 11) is 0. The van der Waals surface area contributed by atoms with E-state index in [9.17, 15) is 19.8 Å². The Balaban J connectivity index is 1.91. The highest BCUT2D eigenvalue weighted by Gasteiger charge is 2.34. The number of aromatic nitrogens is 4. The van der Waals surface area contributed by atoms with Crippen LogP contribution in [0.25, 0.3) is 0 Å². The Morgan fingerprint density at radius 2 is 1.35 bits per heavy atom. The van der Waals surface area contributed by atoms with Gasteiger partial charge in [-0.2, -0.15) is 0 Å². The molecule has 0 aliphatic carbocycles. The van der Waals surface area contributed by atoms with Gasteiger partial charge in [0.15, 0.2) is 12.2 Å². The van der Waals surface area contributed by atoms with E-state index < -0.39 is 24.1 Å². The molecule has 0 amide bonds. The van der Waals surface area contributed by atoms with Gasteiger partial charge in [0.1, 0.15) is 0 Å². The number of carbonyl (C=O) groups is 2. The second-order valence-corrected chi connectivity index (χ2v) is 3.52. The van der Waals surface area contributed by atoms with Gasteiger partial charge in [0.25, 0.3) is 0 Å². The van der Waals surface area contributed by atoms with Crippen LogP contribution < -0.4 is 9.47 Å². The number of imidazole rings is 2. The van der Waals surface area contributed by atoms with E-state index in [4.69, 9.17) is 0 Å². The van der Waals surface area contributed by atoms with E-state index in [-0.39, 0.29) is 12.0 Å². The molecule has 0 radical (unpaired) electrons. The molecule has 2 unspecified atom stereocenters. The molecule has 2 aromatic heterocycles. The molecule has 10 heteroatoms. The predicted octanol–water partition coefficient (Wildman–Crippen LogP) is -1.63. The van der Waals surface area contributed by atoms with Gasteiger partial charge in [0.2, 0.25) is 0 Å². The molecule has 0 bridgehead atoms. The Morgan fingerprint density at radius 3 is 1.65 bits per heavy atom. The van der Waals surface area contributed by atoms with Crippen LogP contribution in [0, 0.1) is 0 Å². The first-order valence-electron chi connectivity index (χ1n) is 5.36. The fraction of sp³-hybridized carbons (Fsp3) is 0.200. The van der Waals surface area contributed by atoms with Crippen molar-refractivity contribution >= 4 is 11.9 Å². The molecular formula is C10H10N4O6. The van der Waals surface area contributed by atoms with Crippen LogP contribution in [0.1, 0.15) is 0 Å². The predicted molar refractivity (Wildman–Crippen MR) is 60.5 cm³/mol. The molecular weight excluding hydrogens is 272 g/mol. The molecule has 2 aromatic rings. The normalized spacial score (nSPS) is 13.5. The van der Waals surface area contributed by atoms with Crippen LogP contribution in [0.15, 0.2) is 24.8 Å². The van der Waals surface area contributed by atoms with E-state index >= 15 is 0 Å². The Bertz CT molecular complexity index is 514. The Kier molecular flexibility index (Phi) is 4.08. The minimum atomic E-state index is -2.12. The fourth-order valence-corrected chi connectivity index (χ4v) is 1.18. The van der Waals surface area contributed by atoms with Gasteiger partial charge in [-0.3, -0.25) is 0 Å². The summed E-state index contributed by atoms with van der Waals surface area (Å²) in [6.07, 6.45) is 1.16. The number of aliphatic hydroxyl groups excluding tert-OH is 2. The summed E-state index contributed by atoms with van der Waals surface area (Å²) in [5.74, 6) is -2.52. The topological polar surface area (TPSA) is 150 Å². The van der Waals surface area contributed by atoms with Gasteiger partial charge in [-0.05, 0) is 0 Å². The zero-order valence-electron chi connectivity index (χ0n) is 9.89. The summed E-state index contributed by atoms with van der Waals surface area (Å²) in [4.78, 5) is 34.9. The number of carbonyl (C=O) groups excluding carboxylic acids is 2. The second-order valence-electron chi connectivity index (χ2n) is 3.52. The highest BCUT2D eigenvalue weighted by atomic mass is 16.6. The monoisotopic (exact) mass is 282 g/mol. The van der Waals surface area contributed by atoms with Crippen molar-refractivity contribution in [2.24, 2.45) is 0 Å². The van der Waals surface area contributed by atoms with Crippen LogP contribution in [0.2, 0.25) is 0 Å². The molecule has 20 heavy (non-hydrogen) atoms. The molecule has 2 atom stereocenters. The van der Waals surface area contributed by atoms with Crippen LogP contribution in [0.3, 0.4) is 0 Å². The third kappa shape index (κ3) is 3.18. The van der Waals surface area contributed by atoms with Crippen molar-refractivity contribution < 1.29 is 29.3 Å². The number of hydrogen-bond donors (Lipinski definition) is 4. The van der Waals surface area contributed by atoms with Gasteiger partial charge in [0, 0.05) is 24.8 Å². The quantitative estimate of drug-likeness (QED) is 0.477. The van der Waals surface area contributed by atoms with Crippen molar-refractivity contribution in [3.8, 4) is 12.0 Å². The lowest BCUT2D eigenvalue weighted by Gasteiger charge is -2.13. The molecule has 2 heterocycles. The molecule has 0 aliphatic rings. The lowest BCUT2D eigenvalue weighted by Crippen LogP contribution is -2.44. The first-order chi connectivity index (χ1) is 9.58. The third-order valence-electron chi connectivity index (χ3n) is 2.12. The van der Waals surface area contributed by atoms with Gasteiger partial charge in [-0.15, -0.1) is 0 Å². The van der Waals surface area contributed by atoms with Gasteiger partial charge >= 0.3 is 24.0 Å². The lowest BCUT2D eigenvalue weighted by atomic mass is 10.2. The third-order valence-corrected chi connectivity index (χ3v) is 2.12. The van der Waals surface area contributed by atoms with Gasteiger partial charge < -0.3 is 29.7 Å². The number of hydrogen-bond acceptors (Lipinski definition) is 8. The van der Waals surface area contributed by atoms with Gasteiger partial charge in [-0.1, -0.05) is 0 Å². The maximum Gasteiger partial charge on any atom is 0.346 e. The smallest absolute Gasteiger partial charge is 0.346 e. The van der Waals surface area contributed by atoms with Crippen molar-refractivity contribution in [1.82, 2.24) is 19.9 Å². The number of nitrogens with zero attached hydrogens (tertiary/aromatic N) is 2. The van der Waals surface area contributed by atoms with Crippen molar-refractivity contribution in [1.29, 1.82) is 0 Å². The zero-order chi connectivity index (χ0) is 14.5. The second kappa shape index (κ2) is 5.95. The van der Waals surface area contributed by atoms with Gasteiger partial charge in [0.05, 0.1) is 0 Å². The number of ether oxygens (including phenoxy) is 2. The maximum absolute atomic E-state index is 11.4. The zero-order valence-corrected chi connectivity index (χ0v) is 9.89. The summed E-state index contributed by atoms with van der Waals surface area (Å²) in [5.41, 5.74) is 0. The van der Waals surface area contributed by atoms with Crippen molar-refractivity contribution in [3.05, 3.63) is 24.8 Å². The van der Waals surface area contributed by atoms with Crippen molar-refractivity contribution in [2.75, 3.05) is 0 Å². The van der Waals surface area contributed by atoms with E-state index in [1.165, 1.54) is 24.8 Å². The molecule has 0 saturated heterocycles. The molecule has 0 spiro atoms. The minimum absolute atomic E-state index is 0.180. The summed E-state index contributed by atoms with van der Waals surface area (Å²) >= 11 is 0. The van der Waals surface area contributed by atoms with Crippen molar-refractivity contribution in [3.63, 3.8) is 0 Å². The van der Waals surface area contributed by atoms with Gasteiger partial charge in [-0.25, -0.2) is 19.6 Å².